The number of benzene rings is 2. The number of amides is 1. The van der Waals surface area contributed by atoms with E-state index in [9.17, 15) is 4.79 Å². The van der Waals surface area contributed by atoms with Crippen molar-refractivity contribution < 1.29 is 4.79 Å². The fraction of sp³-hybridized carbons (Fsp3) is 0.111. The second kappa shape index (κ2) is 8.02. The minimum atomic E-state index is -0.429. The molecular weight excluding hydrogens is 310 g/mol. The van der Waals surface area contributed by atoms with E-state index < -0.39 is 5.91 Å². The van der Waals surface area contributed by atoms with Gasteiger partial charge in [-0.3, -0.25) is 4.79 Å². The molecule has 0 bridgehead atoms. The lowest BCUT2D eigenvalue weighted by atomic mass is 10.2. The van der Waals surface area contributed by atoms with Crippen LogP contribution in [0.4, 0.5) is 5.69 Å². The second-order valence-corrected chi connectivity index (χ2v) is 5.35. The summed E-state index contributed by atoms with van der Waals surface area (Å²) in [5, 5.41) is 15.4. The summed E-state index contributed by atoms with van der Waals surface area (Å²) in [5.41, 5.74) is 2.64. The zero-order valence-electron chi connectivity index (χ0n) is 12.6. The predicted molar refractivity (Wildman–Crippen MR) is 91.8 cm³/mol. The van der Waals surface area contributed by atoms with Crippen molar-refractivity contribution >= 4 is 23.2 Å². The first-order valence-corrected chi connectivity index (χ1v) is 7.43. The minimum Gasteiger partial charge on any atom is -0.360 e. The molecule has 0 aliphatic heterocycles. The molecule has 0 spiro atoms. The highest BCUT2D eigenvalue weighted by Crippen LogP contribution is 2.20. The first kappa shape index (κ1) is 16.6. The van der Waals surface area contributed by atoms with E-state index in [2.05, 4.69) is 10.6 Å². The summed E-state index contributed by atoms with van der Waals surface area (Å²) < 4.78 is 0. The number of aryl methyl sites for hydroxylation is 1. The van der Waals surface area contributed by atoms with Gasteiger partial charge in [0.25, 0.3) is 5.91 Å². The summed E-state index contributed by atoms with van der Waals surface area (Å²) in [6.07, 6.45) is 1.38. The largest absolute Gasteiger partial charge is 0.360 e. The van der Waals surface area contributed by atoms with Crippen LogP contribution in [0.3, 0.4) is 0 Å². The lowest BCUT2D eigenvalue weighted by Crippen LogP contribution is -2.24. The van der Waals surface area contributed by atoms with Crippen molar-refractivity contribution in [3.8, 4) is 6.07 Å². The third kappa shape index (κ3) is 4.87. The molecule has 2 N–H and O–H groups in total. The smallest absolute Gasteiger partial charge is 0.263 e. The normalized spacial score (nSPS) is 10.7. The minimum absolute atomic E-state index is 0.00220. The van der Waals surface area contributed by atoms with Crippen molar-refractivity contribution in [3.05, 3.63) is 76.5 Å². The van der Waals surface area contributed by atoms with Crippen LogP contribution in [0.15, 0.2) is 60.3 Å². The van der Waals surface area contributed by atoms with Gasteiger partial charge in [-0.1, -0.05) is 48.0 Å². The van der Waals surface area contributed by atoms with Gasteiger partial charge in [0, 0.05) is 23.5 Å². The molecular formula is C18H16ClN3O. The molecule has 0 aromatic heterocycles. The maximum Gasteiger partial charge on any atom is 0.263 e. The molecule has 1 amide bonds. The maximum absolute atomic E-state index is 12.0. The highest BCUT2D eigenvalue weighted by molar-refractivity contribution is 6.31. The van der Waals surface area contributed by atoms with Gasteiger partial charge in [-0.25, -0.2) is 0 Å². The maximum atomic E-state index is 12.0. The zero-order chi connectivity index (χ0) is 16.7. The lowest BCUT2D eigenvalue weighted by molar-refractivity contribution is -0.117. The van der Waals surface area contributed by atoms with E-state index >= 15 is 0 Å². The number of rotatable bonds is 5. The Hall–Kier alpha value is -2.77. The van der Waals surface area contributed by atoms with Crippen molar-refractivity contribution in [2.75, 3.05) is 5.32 Å². The average molecular weight is 326 g/mol. The highest BCUT2D eigenvalue weighted by Gasteiger charge is 2.08. The van der Waals surface area contributed by atoms with Gasteiger partial charge >= 0.3 is 0 Å². The molecule has 0 saturated heterocycles. The topological polar surface area (TPSA) is 64.9 Å². The van der Waals surface area contributed by atoms with Gasteiger partial charge in [0.1, 0.15) is 11.6 Å². The van der Waals surface area contributed by atoms with Crippen molar-refractivity contribution in [1.29, 1.82) is 5.26 Å². The highest BCUT2D eigenvalue weighted by atomic mass is 35.5. The summed E-state index contributed by atoms with van der Waals surface area (Å²) in [6.45, 7) is 2.27. The van der Waals surface area contributed by atoms with Gasteiger partial charge in [-0.2, -0.15) is 5.26 Å². The van der Waals surface area contributed by atoms with Crippen LogP contribution in [0.2, 0.25) is 5.02 Å². The number of nitrogens with zero attached hydrogens (tertiary/aromatic N) is 1. The molecule has 23 heavy (non-hydrogen) atoms. The molecule has 0 fully saturated rings. The van der Waals surface area contributed by atoms with Crippen molar-refractivity contribution in [1.82, 2.24) is 5.32 Å². The van der Waals surface area contributed by atoms with Gasteiger partial charge in [0.2, 0.25) is 0 Å². The first-order valence-electron chi connectivity index (χ1n) is 7.05. The van der Waals surface area contributed by atoms with E-state index in [0.717, 1.165) is 11.1 Å². The van der Waals surface area contributed by atoms with E-state index in [1.165, 1.54) is 6.20 Å². The van der Waals surface area contributed by atoms with E-state index in [1.54, 1.807) is 6.07 Å². The second-order valence-electron chi connectivity index (χ2n) is 4.95. The molecule has 2 aromatic rings. The van der Waals surface area contributed by atoms with Crippen molar-refractivity contribution in [3.63, 3.8) is 0 Å². The van der Waals surface area contributed by atoms with Crippen LogP contribution in [0.1, 0.15) is 11.1 Å². The van der Waals surface area contributed by atoms with Crippen LogP contribution in [0.5, 0.6) is 0 Å². The van der Waals surface area contributed by atoms with E-state index in [0.29, 0.717) is 17.3 Å². The van der Waals surface area contributed by atoms with E-state index in [-0.39, 0.29) is 5.57 Å². The Bertz CT molecular complexity index is 764. The summed E-state index contributed by atoms with van der Waals surface area (Å²) in [6, 6.07) is 16.8. The predicted octanol–water partition coefficient (Wildman–Crippen LogP) is 3.78. The zero-order valence-corrected chi connectivity index (χ0v) is 13.4. The number of nitriles is 1. The number of hydrogen-bond donors (Lipinski definition) is 2. The standard InChI is InChI=1S/C18H16ClN3O/c1-13-7-8-16(9-17(13)19)21-12-15(10-20)18(23)22-11-14-5-3-2-4-6-14/h2-9,12,21H,11H2,1H3,(H,22,23)/b15-12-. The number of nitrogens with one attached hydrogen (secondary N) is 2. The summed E-state index contributed by atoms with van der Waals surface area (Å²) in [7, 11) is 0. The fourth-order valence-corrected chi connectivity index (χ4v) is 2.04. The van der Waals surface area contributed by atoms with Crippen LogP contribution >= 0.6 is 11.6 Å². The number of carbonyl (C=O) groups is 1. The van der Waals surface area contributed by atoms with Gasteiger partial charge < -0.3 is 10.6 Å². The molecule has 0 radical (unpaired) electrons. The van der Waals surface area contributed by atoms with Gasteiger partial charge in [-0.05, 0) is 30.2 Å². The summed E-state index contributed by atoms with van der Waals surface area (Å²) in [5.74, 6) is -0.429. The first-order chi connectivity index (χ1) is 11.1. The molecule has 2 rings (SSSR count). The van der Waals surface area contributed by atoms with Crippen molar-refractivity contribution in [2.24, 2.45) is 0 Å². The fourth-order valence-electron chi connectivity index (χ4n) is 1.86. The number of halogens is 1. The molecule has 0 saturated carbocycles. The number of anilines is 1. The van der Waals surface area contributed by atoms with Crippen LogP contribution in [-0.2, 0) is 11.3 Å². The van der Waals surface area contributed by atoms with Crippen LogP contribution in [-0.4, -0.2) is 5.91 Å². The Labute approximate surface area is 140 Å². The Kier molecular flexibility index (Phi) is 5.79. The molecule has 5 heteroatoms. The Morgan fingerprint density at radius 3 is 2.65 bits per heavy atom. The molecule has 0 aliphatic rings. The van der Waals surface area contributed by atoms with Crippen LogP contribution in [0.25, 0.3) is 0 Å². The molecule has 0 aliphatic carbocycles. The molecule has 116 valence electrons. The van der Waals surface area contributed by atoms with Crippen LogP contribution < -0.4 is 10.6 Å². The summed E-state index contributed by atoms with van der Waals surface area (Å²) in [4.78, 5) is 12.0. The average Bonchev–Trinajstić information content (AvgIpc) is 2.57. The van der Waals surface area contributed by atoms with E-state index in [4.69, 9.17) is 16.9 Å². The Morgan fingerprint density at radius 2 is 2.00 bits per heavy atom. The lowest BCUT2D eigenvalue weighted by Gasteiger charge is -2.06. The van der Waals surface area contributed by atoms with Crippen molar-refractivity contribution in [2.45, 2.75) is 13.5 Å². The molecule has 2 aromatic carbocycles. The van der Waals surface area contributed by atoms with Crippen LogP contribution in [0, 0.1) is 18.3 Å². The third-order valence-electron chi connectivity index (χ3n) is 3.22. The monoisotopic (exact) mass is 325 g/mol. The van der Waals surface area contributed by atoms with Gasteiger partial charge in [0.15, 0.2) is 0 Å². The molecule has 0 unspecified atom stereocenters. The van der Waals surface area contributed by atoms with Gasteiger partial charge in [0.05, 0.1) is 0 Å². The summed E-state index contributed by atoms with van der Waals surface area (Å²) >= 11 is 6.04. The number of hydrogen-bond acceptors (Lipinski definition) is 3. The Balaban J connectivity index is 1.99. The molecule has 0 atom stereocenters. The Morgan fingerprint density at radius 1 is 1.26 bits per heavy atom. The van der Waals surface area contributed by atoms with E-state index in [1.807, 2.05) is 55.5 Å². The SMILES string of the molecule is Cc1ccc(N/C=C(/C#N)C(=O)NCc2ccccc2)cc1Cl. The number of carbonyl (C=O) groups excluding carboxylic acids is 1. The quantitative estimate of drug-likeness (QED) is 0.649. The van der Waals surface area contributed by atoms with Gasteiger partial charge in [-0.15, -0.1) is 0 Å². The molecule has 4 nitrogen and oxygen atoms in total. The third-order valence-corrected chi connectivity index (χ3v) is 3.62. The molecule has 0 heterocycles.